The minimum absolute atomic E-state index is 0. The fourth-order valence-corrected chi connectivity index (χ4v) is 3.22. The normalized spacial score (nSPS) is 16.9. The highest BCUT2D eigenvalue weighted by atomic mass is 127. The summed E-state index contributed by atoms with van der Waals surface area (Å²) in [6, 6.07) is 0. The lowest BCUT2D eigenvalue weighted by molar-refractivity contribution is 0.0448. The zero-order chi connectivity index (χ0) is 20.5. The van der Waals surface area contributed by atoms with Crippen LogP contribution < -0.4 is 16.0 Å². The van der Waals surface area contributed by atoms with E-state index in [-0.39, 0.29) is 35.6 Å². The van der Waals surface area contributed by atoms with Crippen molar-refractivity contribution in [1.82, 2.24) is 20.9 Å². The molecule has 0 aromatic heterocycles. The van der Waals surface area contributed by atoms with Gasteiger partial charge in [-0.05, 0) is 72.5 Å². The third-order valence-electron chi connectivity index (χ3n) is 5.33. The quantitative estimate of drug-likeness (QED) is 0.278. The molecule has 0 unspecified atom stereocenters. The van der Waals surface area contributed by atoms with Gasteiger partial charge in [0.1, 0.15) is 5.60 Å². The van der Waals surface area contributed by atoms with E-state index in [2.05, 4.69) is 46.7 Å². The van der Waals surface area contributed by atoms with Gasteiger partial charge in [-0.15, -0.1) is 24.0 Å². The number of nitrogens with one attached hydrogen (secondary N) is 3. The Kier molecular flexibility index (Phi) is 12.4. The molecule has 3 N–H and O–H groups in total. The van der Waals surface area contributed by atoms with Gasteiger partial charge in [-0.3, -0.25) is 4.99 Å². The molecule has 1 amide bonds. The van der Waals surface area contributed by atoms with Crippen molar-refractivity contribution >= 4 is 36.0 Å². The number of hydrogen-bond donors (Lipinski definition) is 3. The first kappa shape index (κ1) is 27.2. The van der Waals surface area contributed by atoms with Gasteiger partial charge in [-0.25, -0.2) is 4.79 Å². The molecule has 1 aliphatic heterocycles. The van der Waals surface area contributed by atoms with Crippen molar-refractivity contribution in [3.8, 4) is 0 Å². The number of amides is 1. The van der Waals surface area contributed by atoms with Crippen molar-refractivity contribution in [3.05, 3.63) is 0 Å². The molecule has 0 spiro atoms. The van der Waals surface area contributed by atoms with Gasteiger partial charge in [-0.2, -0.15) is 0 Å². The van der Waals surface area contributed by atoms with Crippen LogP contribution in [0.5, 0.6) is 0 Å². The molecular formula is C20H42IN5O2. The first-order valence-corrected chi connectivity index (χ1v) is 10.3. The summed E-state index contributed by atoms with van der Waals surface area (Å²) in [7, 11) is 3.96. The number of halogens is 1. The van der Waals surface area contributed by atoms with Gasteiger partial charge in [-0.1, -0.05) is 13.8 Å². The van der Waals surface area contributed by atoms with Gasteiger partial charge in [0, 0.05) is 20.1 Å². The predicted molar refractivity (Wildman–Crippen MR) is 128 cm³/mol. The number of ether oxygens (including phenoxy) is 1. The first-order valence-electron chi connectivity index (χ1n) is 10.3. The molecule has 166 valence electrons. The van der Waals surface area contributed by atoms with Crippen molar-refractivity contribution in [3.63, 3.8) is 0 Å². The molecule has 0 radical (unpaired) electrons. The monoisotopic (exact) mass is 511 g/mol. The number of piperidine rings is 1. The van der Waals surface area contributed by atoms with Gasteiger partial charge in [0.05, 0.1) is 5.54 Å². The summed E-state index contributed by atoms with van der Waals surface area (Å²) in [5.41, 5.74) is -0.871. The van der Waals surface area contributed by atoms with Crippen LogP contribution in [-0.4, -0.2) is 68.4 Å². The summed E-state index contributed by atoms with van der Waals surface area (Å²) in [6.07, 6.45) is 3.68. The van der Waals surface area contributed by atoms with Gasteiger partial charge in [0.2, 0.25) is 0 Å². The Hall–Kier alpha value is -0.770. The lowest BCUT2D eigenvalue weighted by atomic mass is 9.93. The molecule has 1 rings (SSSR count). The molecule has 0 aliphatic carbocycles. The van der Waals surface area contributed by atoms with Crippen molar-refractivity contribution < 1.29 is 9.53 Å². The minimum atomic E-state index is -0.504. The third-order valence-corrected chi connectivity index (χ3v) is 5.33. The smallest absolute Gasteiger partial charge is 0.408 e. The van der Waals surface area contributed by atoms with Crippen LogP contribution in [0.4, 0.5) is 4.79 Å². The Morgan fingerprint density at radius 1 is 1.14 bits per heavy atom. The van der Waals surface area contributed by atoms with E-state index in [0.717, 1.165) is 38.4 Å². The molecule has 1 heterocycles. The van der Waals surface area contributed by atoms with Gasteiger partial charge in [0.25, 0.3) is 0 Å². The van der Waals surface area contributed by atoms with Gasteiger partial charge >= 0.3 is 6.09 Å². The number of carbonyl (C=O) groups excluding carboxylic acids is 1. The summed E-state index contributed by atoms with van der Waals surface area (Å²) < 4.78 is 5.44. The van der Waals surface area contributed by atoms with E-state index in [1.165, 1.54) is 12.8 Å². The molecule has 1 fully saturated rings. The number of rotatable bonds is 7. The molecule has 1 saturated heterocycles. The zero-order valence-corrected chi connectivity index (χ0v) is 21.2. The number of aliphatic imine (C=N–C) groups is 1. The maximum Gasteiger partial charge on any atom is 0.408 e. The van der Waals surface area contributed by atoms with Crippen LogP contribution in [0.25, 0.3) is 0 Å². The number of alkyl carbamates (subject to hydrolysis) is 1. The Balaban J connectivity index is 0.00000729. The average Bonchev–Trinajstić information content (AvgIpc) is 2.60. The summed E-state index contributed by atoms with van der Waals surface area (Å²) >= 11 is 0. The van der Waals surface area contributed by atoms with Crippen LogP contribution in [0.3, 0.4) is 0 Å². The van der Waals surface area contributed by atoms with Gasteiger partial charge in [0.15, 0.2) is 5.96 Å². The maximum absolute atomic E-state index is 12.3. The second-order valence-corrected chi connectivity index (χ2v) is 8.67. The molecule has 0 saturated carbocycles. The number of hydrogen-bond acceptors (Lipinski definition) is 4. The van der Waals surface area contributed by atoms with Gasteiger partial charge < -0.3 is 25.6 Å². The largest absolute Gasteiger partial charge is 0.444 e. The van der Waals surface area contributed by atoms with Crippen LogP contribution in [0, 0.1) is 5.92 Å². The van der Waals surface area contributed by atoms with Crippen molar-refractivity contribution in [1.29, 1.82) is 0 Å². The molecule has 8 heteroatoms. The Morgan fingerprint density at radius 3 is 2.18 bits per heavy atom. The second kappa shape index (κ2) is 12.7. The highest BCUT2D eigenvalue weighted by molar-refractivity contribution is 14.0. The molecule has 0 bridgehead atoms. The summed E-state index contributed by atoms with van der Waals surface area (Å²) in [6.45, 7) is 13.6. The lowest BCUT2D eigenvalue weighted by Crippen LogP contribution is -2.57. The fourth-order valence-electron chi connectivity index (χ4n) is 3.22. The fraction of sp³-hybridized carbons (Fsp3) is 0.900. The SMILES string of the molecule is CCC(CC)(CNC(=NC)NCC1CCN(C)CC1)NC(=O)OC(C)(C)C.I. The lowest BCUT2D eigenvalue weighted by Gasteiger charge is -2.35. The molecule has 7 nitrogen and oxygen atoms in total. The highest BCUT2D eigenvalue weighted by Gasteiger charge is 2.30. The number of carbonyl (C=O) groups is 1. The minimum Gasteiger partial charge on any atom is -0.444 e. The molecule has 28 heavy (non-hydrogen) atoms. The van der Waals surface area contributed by atoms with Crippen LogP contribution in [-0.2, 0) is 4.74 Å². The van der Waals surface area contributed by atoms with Crippen LogP contribution in [0.1, 0.15) is 60.3 Å². The Labute approximate surface area is 188 Å². The van der Waals surface area contributed by atoms with Crippen molar-refractivity contribution in [2.75, 3.05) is 40.3 Å². The van der Waals surface area contributed by atoms with Crippen LogP contribution in [0.2, 0.25) is 0 Å². The molecular weight excluding hydrogens is 469 g/mol. The second-order valence-electron chi connectivity index (χ2n) is 8.67. The summed E-state index contributed by atoms with van der Waals surface area (Å²) in [5, 5.41) is 9.89. The molecule has 0 aromatic carbocycles. The number of guanidine groups is 1. The van der Waals surface area contributed by atoms with E-state index in [4.69, 9.17) is 4.74 Å². The van der Waals surface area contributed by atoms with E-state index in [9.17, 15) is 4.79 Å². The van der Waals surface area contributed by atoms with E-state index < -0.39 is 5.60 Å². The zero-order valence-electron chi connectivity index (χ0n) is 18.9. The molecule has 0 atom stereocenters. The first-order chi connectivity index (χ1) is 12.6. The van der Waals surface area contributed by atoms with Crippen LogP contribution in [0.15, 0.2) is 4.99 Å². The topological polar surface area (TPSA) is 78.0 Å². The third kappa shape index (κ3) is 10.1. The Morgan fingerprint density at radius 2 is 1.71 bits per heavy atom. The standard InChI is InChI=1S/C20H41N5O2.HI/c1-8-20(9-2,24-18(26)27-19(3,4)5)15-23-17(21-6)22-14-16-10-12-25(7)13-11-16;/h16H,8-15H2,1-7H3,(H,24,26)(H2,21,22,23);1H. The maximum atomic E-state index is 12.3. The van der Waals surface area contributed by atoms with E-state index >= 15 is 0 Å². The van der Waals surface area contributed by atoms with Crippen molar-refractivity contribution in [2.45, 2.75) is 71.4 Å². The number of nitrogens with zero attached hydrogens (tertiary/aromatic N) is 2. The average molecular weight is 511 g/mol. The summed E-state index contributed by atoms with van der Waals surface area (Å²) in [5.74, 6) is 1.47. The summed E-state index contributed by atoms with van der Waals surface area (Å²) in [4.78, 5) is 19.0. The Bertz CT molecular complexity index is 481. The molecule has 1 aliphatic rings. The van der Waals surface area contributed by atoms with E-state index in [1.807, 2.05) is 20.8 Å². The number of likely N-dealkylation sites (tertiary alicyclic amines) is 1. The van der Waals surface area contributed by atoms with Crippen LogP contribution >= 0.6 is 24.0 Å². The predicted octanol–water partition coefficient (Wildman–Crippen LogP) is 3.19. The van der Waals surface area contributed by atoms with E-state index in [0.29, 0.717) is 12.5 Å². The van der Waals surface area contributed by atoms with Crippen molar-refractivity contribution in [2.24, 2.45) is 10.9 Å². The van der Waals surface area contributed by atoms with E-state index in [1.54, 1.807) is 7.05 Å². The molecule has 0 aromatic rings. The highest BCUT2D eigenvalue weighted by Crippen LogP contribution is 2.17.